The second-order valence-electron chi connectivity index (χ2n) is 5.36. The van der Waals surface area contributed by atoms with Gasteiger partial charge in [-0.05, 0) is 67.6 Å². The highest BCUT2D eigenvalue weighted by Gasteiger charge is 2.05. The molecule has 0 radical (unpaired) electrons. The third-order valence-corrected chi connectivity index (χ3v) is 4.73. The molecule has 20 heavy (non-hydrogen) atoms. The molecule has 0 aromatic heterocycles. The molecule has 0 unspecified atom stereocenters. The number of halogens is 1. The van der Waals surface area contributed by atoms with Crippen molar-refractivity contribution in [3.63, 3.8) is 0 Å². The van der Waals surface area contributed by atoms with Crippen LogP contribution in [0.1, 0.15) is 27.8 Å². The van der Waals surface area contributed by atoms with Crippen molar-refractivity contribution in [3.8, 4) is 5.75 Å². The number of aromatic hydroxyl groups is 1. The van der Waals surface area contributed by atoms with Gasteiger partial charge in [0.1, 0.15) is 5.75 Å². The summed E-state index contributed by atoms with van der Waals surface area (Å²) in [4.78, 5) is 0. The molecule has 0 amide bonds. The Morgan fingerprint density at radius 3 is 1.90 bits per heavy atom. The lowest BCUT2D eigenvalue weighted by Crippen LogP contribution is -2.01. The van der Waals surface area contributed by atoms with Gasteiger partial charge in [-0.2, -0.15) is 0 Å². The van der Waals surface area contributed by atoms with Crippen molar-refractivity contribution in [3.05, 3.63) is 56.6 Å². The van der Waals surface area contributed by atoms with Crippen molar-refractivity contribution >= 4 is 21.6 Å². The Hall–Kier alpha value is -1.48. The Balaban J connectivity index is 2.17. The molecule has 106 valence electrons. The zero-order valence-electron chi connectivity index (χ0n) is 12.3. The maximum Gasteiger partial charge on any atom is 0.121 e. The Labute approximate surface area is 129 Å². The summed E-state index contributed by atoms with van der Waals surface area (Å²) in [6.45, 7) is 8.80. The summed E-state index contributed by atoms with van der Waals surface area (Å²) < 4.78 is 1.17. The van der Waals surface area contributed by atoms with E-state index in [4.69, 9.17) is 0 Å². The molecule has 0 aliphatic carbocycles. The molecule has 0 saturated carbocycles. The Morgan fingerprint density at radius 2 is 1.40 bits per heavy atom. The van der Waals surface area contributed by atoms with E-state index in [-0.39, 0.29) is 0 Å². The van der Waals surface area contributed by atoms with E-state index in [1.165, 1.54) is 21.2 Å². The summed E-state index contributed by atoms with van der Waals surface area (Å²) in [6, 6.07) is 8.32. The van der Waals surface area contributed by atoms with Crippen LogP contribution in [0.25, 0.3) is 0 Å². The van der Waals surface area contributed by atoms with Crippen molar-refractivity contribution in [1.29, 1.82) is 0 Å². The maximum atomic E-state index is 9.79. The van der Waals surface area contributed by atoms with Gasteiger partial charge in [-0.15, -0.1) is 0 Å². The van der Waals surface area contributed by atoms with Crippen LogP contribution >= 0.6 is 15.9 Å². The number of nitrogens with one attached hydrogen (secondary N) is 1. The first-order valence-corrected chi connectivity index (χ1v) is 7.47. The molecule has 0 aliphatic heterocycles. The Bertz CT molecular complexity index is 546. The van der Waals surface area contributed by atoms with Gasteiger partial charge >= 0.3 is 0 Å². The van der Waals surface area contributed by atoms with E-state index in [0.29, 0.717) is 5.75 Å². The van der Waals surface area contributed by atoms with Gasteiger partial charge in [0, 0.05) is 16.7 Å². The summed E-state index contributed by atoms with van der Waals surface area (Å²) in [6.07, 6.45) is 0. The molecule has 2 nitrogen and oxygen atoms in total. The van der Waals surface area contributed by atoms with Crippen LogP contribution in [-0.2, 0) is 6.54 Å². The first-order valence-electron chi connectivity index (χ1n) is 6.68. The van der Waals surface area contributed by atoms with Crippen LogP contribution in [0.15, 0.2) is 28.7 Å². The molecule has 0 saturated heterocycles. The topological polar surface area (TPSA) is 32.3 Å². The van der Waals surface area contributed by atoms with Crippen molar-refractivity contribution < 1.29 is 5.11 Å². The number of phenols is 1. The van der Waals surface area contributed by atoms with Gasteiger partial charge in [0.05, 0.1) is 0 Å². The number of hydrogen-bond acceptors (Lipinski definition) is 2. The molecule has 0 bridgehead atoms. The van der Waals surface area contributed by atoms with E-state index in [1.54, 1.807) is 0 Å². The lowest BCUT2D eigenvalue weighted by Gasteiger charge is -2.12. The number of rotatable bonds is 3. The smallest absolute Gasteiger partial charge is 0.121 e. The van der Waals surface area contributed by atoms with Crippen molar-refractivity contribution in [2.24, 2.45) is 0 Å². The van der Waals surface area contributed by atoms with Gasteiger partial charge in [0.15, 0.2) is 0 Å². The highest BCUT2D eigenvalue weighted by atomic mass is 79.9. The predicted octanol–water partition coefficient (Wildman–Crippen LogP) is 5.00. The highest BCUT2D eigenvalue weighted by Crippen LogP contribution is 2.26. The summed E-state index contributed by atoms with van der Waals surface area (Å²) in [7, 11) is 0. The Morgan fingerprint density at radius 1 is 0.900 bits per heavy atom. The molecule has 0 atom stereocenters. The normalized spacial score (nSPS) is 10.7. The SMILES string of the molecule is Cc1cc(CNc2cc(C)c(Br)c(C)c2)cc(C)c1O. The van der Waals surface area contributed by atoms with Gasteiger partial charge in [0.25, 0.3) is 0 Å². The highest BCUT2D eigenvalue weighted by molar-refractivity contribution is 9.10. The average molecular weight is 334 g/mol. The van der Waals surface area contributed by atoms with Gasteiger partial charge in [-0.1, -0.05) is 28.1 Å². The fraction of sp³-hybridized carbons (Fsp3) is 0.294. The van der Waals surface area contributed by atoms with Crippen LogP contribution in [0, 0.1) is 27.7 Å². The molecule has 0 heterocycles. The first-order chi connectivity index (χ1) is 9.38. The second kappa shape index (κ2) is 5.88. The van der Waals surface area contributed by atoms with Crippen LogP contribution < -0.4 is 5.32 Å². The molecule has 2 N–H and O–H groups in total. The van der Waals surface area contributed by atoms with E-state index >= 15 is 0 Å². The lowest BCUT2D eigenvalue weighted by atomic mass is 10.1. The van der Waals surface area contributed by atoms with E-state index < -0.39 is 0 Å². The van der Waals surface area contributed by atoms with E-state index in [1.807, 2.05) is 26.0 Å². The van der Waals surface area contributed by atoms with Crippen LogP contribution in [0.5, 0.6) is 5.75 Å². The molecule has 0 aliphatic rings. The first kappa shape index (κ1) is 14.9. The molecule has 2 rings (SSSR count). The van der Waals surface area contributed by atoms with Gasteiger partial charge in [-0.25, -0.2) is 0 Å². The summed E-state index contributed by atoms with van der Waals surface area (Å²) >= 11 is 3.58. The monoisotopic (exact) mass is 333 g/mol. The molecular weight excluding hydrogens is 314 g/mol. The molecule has 0 spiro atoms. The van der Waals surface area contributed by atoms with E-state index in [0.717, 1.165) is 23.4 Å². The van der Waals surface area contributed by atoms with Crippen molar-refractivity contribution in [2.45, 2.75) is 34.2 Å². The van der Waals surface area contributed by atoms with Crippen LogP contribution in [0.4, 0.5) is 5.69 Å². The van der Waals surface area contributed by atoms with Gasteiger partial charge in [-0.3, -0.25) is 0 Å². The summed E-state index contributed by atoms with van der Waals surface area (Å²) in [5.74, 6) is 0.393. The van der Waals surface area contributed by atoms with Crippen LogP contribution in [0.3, 0.4) is 0 Å². The predicted molar refractivity (Wildman–Crippen MR) is 88.5 cm³/mol. The fourth-order valence-corrected chi connectivity index (χ4v) is 2.63. The van der Waals surface area contributed by atoms with E-state index in [9.17, 15) is 5.11 Å². The molecule has 2 aromatic carbocycles. The second-order valence-corrected chi connectivity index (χ2v) is 6.15. The summed E-state index contributed by atoms with van der Waals surface area (Å²) in [5, 5.41) is 13.2. The number of hydrogen-bond donors (Lipinski definition) is 2. The lowest BCUT2D eigenvalue weighted by molar-refractivity contribution is 0.466. The minimum Gasteiger partial charge on any atom is -0.507 e. The number of aryl methyl sites for hydroxylation is 4. The van der Waals surface area contributed by atoms with Gasteiger partial charge < -0.3 is 10.4 Å². The molecule has 0 fully saturated rings. The van der Waals surface area contributed by atoms with E-state index in [2.05, 4.69) is 47.2 Å². The standard InChI is InChI=1S/C17H20BrNO/c1-10-7-15(8-11(2)16(10)18)19-9-14-5-12(3)17(20)13(4)6-14/h5-8,19-20H,9H2,1-4H3. The average Bonchev–Trinajstić information content (AvgIpc) is 2.39. The number of anilines is 1. The number of benzene rings is 2. The summed E-state index contributed by atoms with van der Waals surface area (Å²) in [5.41, 5.74) is 6.59. The molecule has 3 heteroatoms. The van der Waals surface area contributed by atoms with Crippen molar-refractivity contribution in [2.75, 3.05) is 5.32 Å². The van der Waals surface area contributed by atoms with Gasteiger partial charge in [0.2, 0.25) is 0 Å². The minimum absolute atomic E-state index is 0.393. The Kier molecular flexibility index (Phi) is 4.39. The van der Waals surface area contributed by atoms with Crippen LogP contribution in [0.2, 0.25) is 0 Å². The fourth-order valence-electron chi connectivity index (χ4n) is 2.40. The minimum atomic E-state index is 0.393. The van der Waals surface area contributed by atoms with Crippen molar-refractivity contribution in [1.82, 2.24) is 0 Å². The largest absolute Gasteiger partial charge is 0.507 e. The number of phenolic OH excluding ortho intramolecular Hbond substituents is 1. The van der Waals surface area contributed by atoms with Crippen LogP contribution in [-0.4, -0.2) is 5.11 Å². The quantitative estimate of drug-likeness (QED) is 0.828. The zero-order chi connectivity index (χ0) is 14.9. The zero-order valence-corrected chi connectivity index (χ0v) is 13.9. The molecular formula is C17H20BrNO. The molecule has 2 aromatic rings. The third kappa shape index (κ3) is 3.15. The maximum absolute atomic E-state index is 9.79. The third-order valence-electron chi connectivity index (χ3n) is 3.48.